The second-order valence-corrected chi connectivity index (χ2v) is 2.61. The van der Waals surface area contributed by atoms with E-state index in [1.807, 2.05) is 0 Å². The van der Waals surface area contributed by atoms with Crippen LogP contribution in [0.2, 0.25) is 0 Å². The number of nitrogens with one attached hydrogen (secondary N) is 1. The highest BCUT2D eigenvalue weighted by Gasteiger charge is 2.09. The molecule has 0 aliphatic rings. The van der Waals surface area contributed by atoms with Gasteiger partial charge in [-0.25, -0.2) is 9.37 Å². The van der Waals surface area contributed by atoms with Gasteiger partial charge in [-0.2, -0.15) is 0 Å². The Morgan fingerprint density at radius 3 is 3.23 bits per heavy atom. The van der Waals surface area contributed by atoms with Gasteiger partial charge in [0.2, 0.25) is 0 Å². The molecule has 2 aromatic rings. The van der Waals surface area contributed by atoms with Crippen molar-refractivity contribution in [2.75, 3.05) is 6.61 Å². The van der Waals surface area contributed by atoms with Gasteiger partial charge in [0, 0.05) is 6.20 Å². The molecule has 0 aliphatic carbocycles. The number of H-pyrrole nitrogens is 1. The molecule has 0 atom stereocenters. The van der Waals surface area contributed by atoms with E-state index in [9.17, 15) is 4.39 Å². The van der Waals surface area contributed by atoms with Crippen LogP contribution in [-0.2, 0) is 0 Å². The van der Waals surface area contributed by atoms with Crippen molar-refractivity contribution in [1.29, 1.82) is 0 Å². The normalized spacial score (nSPS) is 10.6. The molecule has 0 spiro atoms. The predicted molar refractivity (Wildman–Crippen MR) is 47.2 cm³/mol. The van der Waals surface area contributed by atoms with Crippen LogP contribution >= 0.6 is 0 Å². The molecule has 0 amide bonds. The number of hydrogen-bond donors (Lipinski definition) is 1. The SMILES string of the molecule is CCOc1cnc2[nH]ccc2c1F. The molecule has 13 heavy (non-hydrogen) atoms. The smallest absolute Gasteiger partial charge is 0.177 e. The Hall–Kier alpha value is -1.58. The molecule has 68 valence electrons. The first kappa shape index (κ1) is 8.04. The van der Waals surface area contributed by atoms with Gasteiger partial charge in [-0.05, 0) is 13.0 Å². The highest BCUT2D eigenvalue weighted by molar-refractivity contribution is 5.77. The van der Waals surface area contributed by atoms with Crippen molar-refractivity contribution in [2.45, 2.75) is 6.92 Å². The van der Waals surface area contributed by atoms with Gasteiger partial charge in [-0.1, -0.05) is 0 Å². The van der Waals surface area contributed by atoms with Gasteiger partial charge in [0.1, 0.15) is 5.65 Å². The summed E-state index contributed by atoms with van der Waals surface area (Å²) >= 11 is 0. The first-order chi connectivity index (χ1) is 6.33. The minimum atomic E-state index is -0.354. The molecule has 0 saturated carbocycles. The van der Waals surface area contributed by atoms with E-state index in [1.165, 1.54) is 6.20 Å². The van der Waals surface area contributed by atoms with Crippen LogP contribution in [0, 0.1) is 5.82 Å². The van der Waals surface area contributed by atoms with Crippen LogP contribution in [0.5, 0.6) is 5.75 Å². The molecule has 1 N–H and O–H groups in total. The van der Waals surface area contributed by atoms with Crippen LogP contribution in [-0.4, -0.2) is 16.6 Å². The number of nitrogens with zero attached hydrogens (tertiary/aromatic N) is 1. The molecule has 0 unspecified atom stereocenters. The molecule has 4 heteroatoms. The number of ether oxygens (including phenoxy) is 1. The van der Waals surface area contributed by atoms with E-state index < -0.39 is 0 Å². The Labute approximate surface area is 74.6 Å². The van der Waals surface area contributed by atoms with Crippen molar-refractivity contribution in [3.63, 3.8) is 0 Å². The van der Waals surface area contributed by atoms with Crippen molar-refractivity contribution >= 4 is 11.0 Å². The number of rotatable bonds is 2. The molecule has 2 rings (SSSR count). The summed E-state index contributed by atoms with van der Waals surface area (Å²) in [5, 5.41) is 0.464. The molecule has 0 aliphatic heterocycles. The Morgan fingerprint density at radius 1 is 1.62 bits per heavy atom. The average molecular weight is 180 g/mol. The maximum absolute atomic E-state index is 13.5. The topological polar surface area (TPSA) is 37.9 Å². The summed E-state index contributed by atoms with van der Waals surface area (Å²) in [7, 11) is 0. The molecule has 0 fully saturated rings. The van der Waals surface area contributed by atoms with Crippen LogP contribution in [0.1, 0.15) is 6.92 Å². The van der Waals surface area contributed by atoms with Crippen molar-refractivity contribution in [3.8, 4) is 5.75 Å². The average Bonchev–Trinajstić information content (AvgIpc) is 2.58. The predicted octanol–water partition coefficient (Wildman–Crippen LogP) is 2.10. The summed E-state index contributed by atoms with van der Waals surface area (Å²) < 4.78 is 18.6. The van der Waals surface area contributed by atoms with Gasteiger partial charge < -0.3 is 9.72 Å². The lowest BCUT2D eigenvalue weighted by molar-refractivity contribution is 0.322. The Kier molecular flexibility index (Phi) is 1.88. The van der Waals surface area contributed by atoms with E-state index in [-0.39, 0.29) is 11.6 Å². The third-order valence-corrected chi connectivity index (χ3v) is 1.79. The Bertz CT molecular complexity index is 424. The van der Waals surface area contributed by atoms with Crippen LogP contribution in [0.3, 0.4) is 0 Å². The third-order valence-electron chi connectivity index (χ3n) is 1.79. The summed E-state index contributed by atoms with van der Waals surface area (Å²) in [5.74, 6) is -0.150. The maximum Gasteiger partial charge on any atom is 0.177 e. The zero-order chi connectivity index (χ0) is 9.26. The summed E-state index contributed by atoms with van der Waals surface area (Å²) in [6.07, 6.45) is 3.04. The molecular formula is C9H9FN2O. The van der Waals surface area contributed by atoms with Crippen LogP contribution in [0.25, 0.3) is 11.0 Å². The highest BCUT2D eigenvalue weighted by Crippen LogP contribution is 2.23. The standard InChI is InChI=1S/C9H9FN2O/c1-2-13-7-5-12-9-6(8(7)10)3-4-11-9/h3-5H,2H2,1H3,(H,11,12). The van der Waals surface area contributed by atoms with Gasteiger partial charge in [-0.15, -0.1) is 0 Å². The monoisotopic (exact) mass is 180 g/mol. The fraction of sp³-hybridized carbons (Fsp3) is 0.222. The molecule has 0 aromatic carbocycles. The quantitative estimate of drug-likeness (QED) is 0.768. The number of halogens is 1. The fourth-order valence-electron chi connectivity index (χ4n) is 1.21. The molecule has 2 heterocycles. The van der Waals surface area contributed by atoms with Gasteiger partial charge in [-0.3, -0.25) is 0 Å². The lowest BCUT2D eigenvalue weighted by Gasteiger charge is -2.03. The molecule has 0 radical (unpaired) electrons. The van der Waals surface area contributed by atoms with Crippen molar-refractivity contribution in [1.82, 2.24) is 9.97 Å². The molecule has 0 saturated heterocycles. The van der Waals surface area contributed by atoms with Gasteiger partial charge in [0.05, 0.1) is 18.2 Å². The minimum absolute atomic E-state index is 0.203. The second-order valence-electron chi connectivity index (χ2n) is 2.61. The molecule has 2 aromatic heterocycles. The third kappa shape index (κ3) is 1.24. The Morgan fingerprint density at radius 2 is 2.46 bits per heavy atom. The Balaban J connectivity index is 2.59. The van der Waals surface area contributed by atoms with E-state index in [2.05, 4.69) is 9.97 Å². The second kappa shape index (κ2) is 3.05. The molecule has 3 nitrogen and oxygen atoms in total. The van der Waals surface area contributed by atoms with Crippen LogP contribution in [0.4, 0.5) is 4.39 Å². The molecular weight excluding hydrogens is 171 g/mol. The zero-order valence-electron chi connectivity index (χ0n) is 7.17. The lowest BCUT2D eigenvalue weighted by Crippen LogP contribution is -1.95. The van der Waals surface area contributed by atoms with Crippen LogP contribution in [0.15, 0.2) is 18.5 Å². The summed E-state index contributed by atoms with van der Waals surface area (Å²) in [6, 6.07) is 1.64. The molecule has 0 bridgehead atoms. The van der Waals surface area contributed by atoms with E-state index in [0.29, 0.717) is 17.6 Å². The first-order valence-electron chi connectivity index (χ1n) is 4.07. The van der Waals surface area contributed by atoms with Crippen molar-refractivity contribution in [3.05, 3.63) is 24.3 Å². The van der Waals surface area contributed by atoms with Crippen molar-refractivity contribution in [2.24, 2.45) is 0 Å². The summed E-state index contributed by atoms with van der Waals surface area (Å²) in [4.78, 5) is 6.82. The summed E-state index contributed by atoms with van der Waals surface area (Å²) in [6.45, 7) is 2.25. The van der Waals surface area contributed by atoms with Gasteiger partial charge >= 0.3 is 0 Å². The van der Waals surface area contributed by atoms with Gasteiger partial charge in [0.25, 0.3) is 0 Å². The highest BCUT2D eigenvalue weighted by atomic mass is 19.1. The number of pyridine rings is 1. The van der Waals surface area contributed by atoms with Gasteiger partial charge in [0.15, 0.2) is 11.6 Å². The number of aromatic amines is 1. The first-order valence-corrected chi connectivity index (χ1v) is 4.07. The minimum Gasteiger partial charge on any atom is -0.489 e. The van der Waals surface area contributed by atoms with Crippen molar-refractivity contribution < 1.29 is 9.13 Å². The summed E-state index contributed by atoms with van der Waals surface area (Å²) in [5.41, 5.74) is 0.543. The lowest BCUT2D eigenvalue weighted by atomic mass is 10.3. The fourth-order valence-corrected chi connectivity index (χ4v) is 1.21. The van der Waals surface area contributed by atoms with E-state index in [4.69, 9.17) is 4.74 Å². The van der Waals surface area contributed by atoms with E-state index in [1.54, 1.807) is 19.2 Å². The number of aromatic nitrogens is 2. The van der Waals surface area contributed by atoms with Crippen LogP contribution < -0.4 is 4.74 Å². The van der Waals surface area contributed by atoms with E-state index in [0.717, 1.165) is 0 Å². The maximum atomic E-state index is 13.5. The van der Waals surface area contributed by atoms with E-state index >= 15 is 0 Å². The largest absolute Gasteiger partial charge is 0.489 e. The number of hydrogen-bond acceptors (Lipinski definition) is 2. The zero-order valence-corrected chi connectivity index (χ0v) is 7.17. The number of fused-ring (bicyclic) bond motifs is 1.